The summed E-state index contributed by atoms with van der Waals surface area (Å²) in [4.78, 5) is 0.000744. The summed E-state index contributed by atoms with van der Waals surface area (Å²) in [6.45, 7) is 3.88. The standard InChI is InChI=1S/C11H17NO4S/c1-8-4-5-10(16-7-9(2)15-3)11(6-8)17(12,13)14/h4-6,9H,7H2,1-3H3,(H2,12,13,14). The lowest BCUT2D eigenvalue weighted by Gasteiger charge is -2.14. The van der Waals surface area contributed by atoms with Crippen molar-refractivity contribution in [2.75, 3.05) is 13.7 Å². The molecule has 1 unspecified atom stereocenters. The van der Waals surface area contributed by atoms with Crippen LogP contribution in [0.1, 0.15) is 12.5 Å². The number of methoxy groups -OCH3 is 1. The monoisotopic (exact) mass is 259 g/mol. The number of rotatable bonds is 5. The van der Waals surface area contributed by atoms with E-state index in [0.717, 1.165) is 5.56 Å². The summed E-state index contributed by atoms with van der Waals surface area (Å²) in [5.41, 5.74) is 0.807. The molecule has 0 fully saturated rings. The van der Waals surface area contributed by atoms with Crippen LogP contribution in [0.25, 0.3) is 0 Å². The minimum absolute atomic E-state index is 0.000744. The predicted molar refractivity (Wildman–Crippen MR) is 64.5 cm³/mol. The van der Waals surface area contributed by atoms with Crippen molar-refractivity contribution < 1.29 is 17.9 Å². The van der Waals surface area contributed by atoms with Crippen LogP contribution < -0.4 is 9.88 Å². The number of hydrogen-bond donors (Lipinski definition) is 1. The van der Waals surface area contributed by atoms with Gasteiger partial charge in [-0.3, -0.25) is 0 Å². The fourth-order valence-electron chi connectivity index (χ4n) is 1.23. The van der Waals surface area contributed by atoms with Crippen molar-refractivity contribution in [3.63, 3.8) is 0 Å². The van der Waals surface area contributed by atoms with Crippen LogP contribution in [0.2, 0.25) is 0 Å². The van der Waals surface area contributed by atoms with E-state index in [9.17, 15) is 8.42 Å². The largest absolute Gasteiger partial charge is 0.489 e. The number of nitrogens with two attached hydrogens (primary N) is 1. The molecular weight excluding hydrogens is 242 g/mol. The van der Waals surface area contributed by atoms with Gasteiger partial charge in [-0.2, -0.15) is 0 Å². The van der Waals surface area contributed by atoms with Gasteiger partial charge >= 0.3 is 0 Å². The van der Waals surface area contributed by atoms with Gasteiger partial charge in [-0.1, -0.05) is 6.07 Å². The van der Waals surface area contributed by atoms with Crippen LogP contribution in [0.15, 0.2) is 23.1 Å². The molecule has 0 spiro atoms. The first-order chi connectivity index (χ1) is 7.84. The molecule has 0 saturated heterocycles. The van der Waals surface area contributed by atoms with Gasteiger partial charge in [0.05, 0.1) is 6.10 Å². The third kappa shape index (κ3) is 3.99. The lowest BCUT2D eigenvalue weighted by molar-refractivity contribution is 0.0705. The summed E-state index contributed by atoms with van der Waals surface area (Å²) in [7, 11) is -2.22. The molecule has 0 amide bonds. The van der Waals surface area contributed by atoms with E-state index in [4.69, 9.17) is 14.6 Å². The van der Waals surface area contributed by atoms with Crippen molar-refractivity contribution in [3.8, 4) is 5.75 Å². The van der Waals surface area contributed by atoms with E-state index in [0.29, 0.717) is 0 Å². The molecule has 0 aliphatic rings. The van der Waals surface area contributed by atoms with Crippen molar-refractivity contribution in [2.45, 2.75) is 24.8 Å². The zero-order chi connectivity index (χ0) is 13.1. The van der Waals surface area contributed by atoms with Crippen LogP contribution in [0.5, 0.6) is 5.75 Å². The smallest absolute Gasteiger partial charge is 0.241 e. The third-order valence-corrected chi connectivity index (χ3v) is 3.21. The van der Waals surface area contributed by atoms with E-state index in [2.05, 4.69) is 0 Å². The van der Waals surface area contributed by atoms with Crippen LogP contribution in [0.4, 0.5) is 0 Å². The predicted octanol–water partition coefficient (Wildman–Crippen LogP) is 1.06. The molecule has 1 rings (SSSR count). The number of aryl methyl sites for hydroxylation is 1. The molecule has 0 aliphatic heterocycles. The Morgan fingerprint density at radius 3 is 2.59 bits per heavy atom. The number of sulfonamides is 1. The van der Waals surface area contributed by atoms with Crippen LogP contribution in [-0.4, -0.2) is 28.2 Å². The molecule has 17 heavy (non-hydrogen) atoms. The normalized spacial score (nSPS) is 13.4. The second-order valence-corrected chi connectivity index (χ2v) is 5.38. The Labute approximate surface area is 102 Å². The molecule has 5 nitrogen and oxygen atoms in total. The van der Waals surface area contributed by atoms with E-state index < -0.39 is 10.0 Å². The molecule has 0 heterocycles. The van der Waals surface area contributed by atoms with E-state index in [1.165, 1.54) is 6.07 Å². The minimum Gasteiger partial charge on any atom is -0.489 e. The van der Waals surface area contributed by atoms with Crippen LogP contribution in [0, 0.1) is 6.92 Å². The maximum Gasteiger partial charge on any atom is 0.241 e. The maximum absolute atomic E-state index is 11.4. The van der Waals surface area contributed by atoms with Crippen molar-refractivity contribution in [3.05, 3.63) is 23.8 Å². The average Bonchev–Trinajstić information content (AvgIpc) is 2.25. The minimum atomic E-state index is -3.78. The summed E-state index contributed by atoms with van der Waals surface area (Å²) in [5.74, 6) is 0.252. The van der Waals surface area contributed by atoms with Crippen molar-refractivity contribution in [2.24, 2.45) is 5.14 Å². The molecule has 0 aliphatic carbocycles. The van der Waals surface area contributed by atoms with Gasteiger partial charge in [0.15, 0.2) is 0 Å². The van der Waals surface area contributed by atoms with E-state index in [-0.39, 0.29) is 23.4 Å². The summed E-state index contributed by atoms with van der Waals surface area (Å²) in [6, 6.07) is 4.85. The summed E-state index contributed by atoms with van der Waals surface area (Å²) >= 11 is 0. The van der Waals surface area contributed by atoms with E-state index >= 15 is 0 Å². The molecule has 0 bridgehead atoms. The van der Waals surface area contributed by atoms with Gasteiger partial charge in [0, 0.05) is 7.11 Å². The van der Waals surface area contributed by atoms with Crippen LogP contribution in [0.3, 0.4) is 0 Å². The Balaban J connectivity index is 3.00. The molecule has 0 saturated carbocycles. The van der Waals surface area contributed by atoms with Crippen LogP contribution >= 0.6 is 0 Å². The zero-order valence-electron chi connectivity index (χ0n) is 10.1. The van der Waals surface area contributed by atoms with Gasteiger partial charge < -0.3 is 9.47 Å². The third-order valence-electron chi connectivity index (χ3n) is 2.28. The molecule has 0 aromatic heterocycles. The average molecular weight is 259 g/mol. The molecular formula is C11H17NO4S. The number of hydrogen-bond acceptors (Lipinski definition) is 4. The number of ether oxygens (including phenoxy) is 2. The van der Waals surface area contributed by atoms with Gasteiger partial charge in [0.2, 0.25) is 10.0 Å². The van der Waals surface area contributed by atoms with Crippen molar-refractivity contribution >= 4 is 10.0 Å². The molecule has 6 heteroatoms. The lowest BCUT2D eigenvalue weighted by Crippen LogP contribution is -2.19. The molecule has 0 radical (unpaired) electrons. The highest BCUT2D eigenvalue weighted by atomic mass is 32.2. The van der Waals surface area contributed by atoms with Gasteiger partial charge in [-0.05, 0) is 31.5 Å². The second kappa shape index (κ2) is 5.48. The highest BCUT2D eigenvalue weighted by Gasteiger charge is 2.16. The number of benzene rings is 1. The Kier molecular flexibility index (Phi) is 4.50. The summed E-state index contributed by atoms with van der Waals surface area (Å²) in [6.07, 6.45) is -0.121. The van der Waals surface area contributed by atoms with E-state index in [1.807, 2.05) is 6.92 Å². The van der Waals surface area contributed by atoms with Crippen LogP contribution in [-0.2, 0) is 14.8 Å². The first-order valence-electron chi connectivity index (χ1n) is 5.13. The van der Waals surface area contributed by atoms with Gasteiger partial charge in [-0.15, -0.1) is 0 Å². The molecule has 1 aromatic rings. The van der Waals surface area contributed by atoms with Crippen molar-refractivity contribution in [1.82, 2.24) is 0 Å². The Morgan fingerprint density at radius 1 is 1.41 bits per heavy atom. The Hall–Kier alpha value is -1.11. The summed E-state index contributed by atoms with van der Waals surface area (Å²) in [5, 5.41) is 5.13. The van der Waals surface area contributed by atoms with Gasteiger partial charge in [0.1, 0.15) is 17.3 Å². The molecule has 1 atom stereocenters. The zero-order valence-corrected chi connectivity index (χ0v) is 11.0. The highest BCUT2D eigenvalue weighted by molar-refractivity contribution is 7.89. The first-order valence-corrected chi connectivity index (χ1v) is 6.68. The fourth-order valence-corrected chi connectivity index (χ4v) is 1.99. The second-order valence-electron chi connectivity index (χ2n) is 3.85. The summed E-state index contributed by atoms with van der Waals surface area (Å²) < 4.78 is 33.2. The Morgan fingerprint density at radius 2 is 2.06 bits per heavy atom. The molecule has 1 aromatic carbocycles. The SMILES string of the molecule is COC(C)COc1ccc(C)cc1S(N)(=O)=O. The van der Waals surface area contributed by atoms with Crippen molar-refractivity contribution in [1.29, 1.82) is 0 Å². The molecule has 2 N–H and O–H groups in total. The number of primary sulfonamides is 1. The maximum atomic E-state index is 11.4. The lowest BCUT2D eigenvalue weighted by atomic mass is 10.2. The first kappa shape index (κ1) is 14.0. The van der Waals surface area contributed by atoms with Gasteiger partial charge in [0.25, 0.3) is 0 Å². The Bertz CT molecular complexity index is 484. The van der Waals surface area contributed by atoms with E-state index in [1.54, 1.807) is 26.2 Å². The molecule has 96 valence electrons. The quantitative estimate of drug-likeness (QED) is 0.857. The highest BCUT2D eigenvalue weighted by Crippen LogP contribution is 2.24. The fraction of sp³-hybridized carbons (Fsp3) is 0.455. The van der Waals surface area contributed by atoms with Gasteiger partial charge in [-0.25, -0.2) is 13.6 Å². The topological polar surface area (TPSA) is 78.6 Å².